The van der Waals surface area contributed by atoms with Gasteiger partial charge in [-0.25, -0.2) is 4.98 Å². The number of hydrogen-bond acceptors (Lipinski definition) is 7. The number of H-pyrrole nitrogens is 1. The molecule has 0 amide bonds. The van der Waals surface area contributed by atoms with Gasteiger partial charge in [-0.15, -0.1) is 5.10 Å². The van der Waals surface area contributed by atoms with Gasteiger partial charge in [0.1, 0.15) is 5.75 Å². The van der Waals surface area contributed by atoms with Crippen molar-refractivity contribution in [1.82, 2.24) is 15.2 Å². The molecule has 0 saturated carbocycles. The first-order valence-electron chi connectivity index (χ1n) is 5.22. The van der Waals surface area contributed by atoms with Crippen LogP contribution >= 0.6 is 11.8 Å². The molecule has 0 spiro atoms. The van der Waals surface area contributed by atoms with Crippen LogP contribution in [0.3, 0.4) is 0 Å². The van der Waals surface area contributed by atoms with Crippen molar-refractivity contribution in [2.45, 2.75) is 5.16 Å². The van der Waals surface area contributed by atoms with Gasteiger partial charge in [0.05, 0.1) is 16.2 Å². The lowest BCUT2D eigenvalue weighted by atomic mass is 10.1. The monoisotopic (exact) mass is 296 g/mol. The fraction of sp³-hybridized carbons (Fsp3) is 0.100. The van der Waals surface area contributed by atoms with Gasteiger partial charge in [0.2, 0.25) is 5.16 Å². The van der Waals surface area contributed by atoms with Gasteiger partial charge in [-0.3, -0.25) is 20.0 Å². The predicted octanol–water partition coefficient (Wildman–Crippen LogP) is 1.26. The SMILES string of the molecule is O=C(O)CSc1n[nH]c(-c2cc([N+](=O)[O-])ccc2O)n1. The Balaban J connectivity index is 2.29. The molecule has 1 aromatic carbocycles. The molecule has 0 fully saturated rings. The second kappa shape index (κ2) is 5.57. The van der Waals surface area contributed by atoms with Gasteiger partial charge >= 0.3 is 5.97 Å². The Labute approximate surface area is 115 Å². The van der Waals surface area contributed by atoms with Crippen molar-refractivity contribution in [1.29, 1.82) is 0 Å². The molecule has 1 aromatic heterocycles. The van der Waals surface area contributed by atoms with E-state index in [9.17, 15) is 20.0 Å². The van der Waals surface area contributed by atoms with E-state index in [2.05, 4.69) is 15.2 Å². The maximum Gasteiger partial charge on any atom is 0.313 e. The average molecular weight is 296 g/mol. The van der Waals surface area contributed by atoms with Gasteiger partial charge < -0.3 is 10.2 Å². The van der Waals surface area contributed by atoms with Gasteiger partial charge in [-0.1, -0.05) is 11.8 Å². The number of nitrogens with zero attached hydrogens (tertiary/aromatic N) is 3. The molecule has 0 aliphatic carbocycles. The molecule has 0 aliphatic rings. The zero-order valence-corrected chi connectivity index (χ0v) is 10.6. The van der Waals surface area contributed by atoms with Crippen molar-refractivity contribution in [2.75, 3.05) is 5.75 Å². The zero-order chi connectivity index (χ0) is 14.7. The molecule has 0 bridgehead atoms. The van der Waals surface area contributed by atoms with E-state index < -0.39 is 10.9 Å². The molecule has 9 nitrogen and oxygen atoms in total. The summed E-state index contributed by atoms with van der Waals surface area (Å²) in [4.78, 5) is 24.5. The van der Waals surface area contributed by atoms with Crippen LogP contribution in [-0.4, -0.2) is 42.0 Å². The van der Waals surface area contributed by atoms with Gasteiger partial charge in [0.25, 0.3) is 5.69 Å². The van der Waals surface area contributed by atoms with Crippen molar-refractivity contribution in [3.8, 4) is 17.1 Å². The number of aromatic nitrogens is 3. The Morgan fingerprint density at radius 1 is 1.50 bits per heavy atom. The second-order valence-corrected chi connectivity index (χ2v) is 4.55. The standard InChI is InChI=1S/C10H8N4O5S/c15-7-2-1-5(14(18)19)3-6(7)9-11-10(13-12-9)20-4-8(16)17/h1-3,15H,4H2,(H,16,17)(H,11,12,13). The summed E-state index contributed by atoms with van der Waals surface area (Å²) in [5.74, 6) is -1.29. The van der Waals surface area contributed by atoms with E-state index in [1.54, 1.807) is 0 Å². The molecular weight excluding hydrogens is 288 g/mol. The van der Waals surface area contributed by atoms with Crippen molar-refractivity contribution in [2.24, 2.45) is 0 Å². The average Bonchev–Trinajstić information content (AvgIpc) is 2.85. The molecule has 2 aromatic rings. The third-order valence-electron chi connectivity index (χ3n) is 2.24. The van der Waals surface area contributed by atoms with E-state index in [0.29, 0.717) is 0 Å². The Kier molecular flexibility index (Phi) is 3.84. The Bertz CT molecular complexity index is 671. The van der Waals surface area contributed by atoms with Crippen molar-refractivity contribution < 1.29 is 19.9 Å². The maximum atomic E-state index is 10.7. The van der Waals surface area contributed by atoms with Crippen molar-refractivity contribution >= 4 is 23.4 Å². The van der Waals surface area contributed by atoms with E-state index in [4.69, 9.17) is 5.11 Å². The number of carbonyl (C=O) groups is 1. The number of aromatic hydroxyl groups is 1. The number of thioether (sulfide) groups is 1. The first-order chi connectivity index (χ1) is 9.47. The topological polar surface area (TPSA) is 142 Å². The highest BCUT2D eigenvalue weighted by atomic mass is 32.2. The summed E-state index contributed by atoms with van der Waals surface area (Å²) in [5, 5.41) is 35.3. The smallest absolute Gasteiger partial charge is 0.313 e. The van der Waals surface area contributed by atoms with E-state index in [-0.39, 0.29) is 33.7 Å². The van der Waals surface area contributed by atoms with Crippen molar-refractivity contribution in [3.63, 3.8) is 0 Å². The Hall–Kier alpha value is -2.62. The molecule has 1 heterocycles. The lowest BCUT2D eigenvalue weighted by molar-refractivity contribution is -0.384. The normalized spacial score (nSPS) is 10.4. The number of nitrogens with one attached hydrogen (secondary N) is 1. The van der Waals surface area contributed by atoms with Crippen LogP contribution in [0.15, 0.2) is 23.4 Å². The second-order valence-electron chi connectivity index (χ2n) is 3.61. The quantitative estimate of drug-likeness (QED) is 0.425. The number of nitro benzene ring substituents is 1. The number of aliphatic carboxylic acids is 1. The molecule has 2 rings (SSSR count). The summed E-state index contributed by atoms with van der Waals surface area (Å²) in [6, 6.07) is 3.50. The van der Waals surface area contributed by atoms with Crippen LogP contribution in [0.25, 0.3) is 11.4 Å². The minimum absolute atomic E-state index is 0.119. The van der Waals surface area contributed by atoms with E-state index in [1.165, 1.54) is 6.07 Å². The highest BCUT2D eigenvalue weighted by Crippen LogP contribution is 2.31. The van der Waals surface area contributed by atoms with E-state index in [1.807, 2.05) is 0 Å². The van der Waals surface area contributed by atoms with Crippen LogP contribution in [0.2, 0.25) is 0 Å². The lowest BCUT2D eigenvalue weighted by Gasteiger charge is -2.00. The highest BCUT2D eigenvalue weighted by molar-refractivity contribution is 7.99. The number of phenolic OH excluding ortho intramolecular Hbond substituents is 1. The first kappa shape index (κ1) is 13.8. The lowest BCUT2D eigenvalue weighted by Crippen LogP contribution is -1.97. The summed E-state index contributed by atoms with van der Waals surface area (Å²) in [5.41, 5.74) is -0.0807. The van der Waals surface area contributed by atoms with Crippen molar-refractivity contribution in [3.05, 3.63) is 28.3 Å². The molecule has 3 N–H and O–H groups in total. The van der Waals surface area contributed by atoms with Crippen LogP contribution in [0.5, 0.6) is 5.75 Å². The van der Waals surface area contributed by atoms with Gasteiger partial charge in [-0.2, -0.15) is 0 Å². The molecule has 20 heavy (non-hydrogen) atoms. The predicted molar refractivity (Wildman–Crippen MR) is 68.5 cm³/mol. The van der Waals surface area contributed by atoms with E-state index in [0.717, 1.165) is 23.9 Å². The molecule has 0 atom stereocenters. The number of nitro groups is 1. The van der Waals surface area contributed by atoms with Gasteiger partial charge in [0, 0.05) is 12.1 Å². The number of aromatic amines is 1. The van der Waals surface area contributed by atoms with Gasteiger partial charge in [-0.05, 0) is 6.07 Å². The van der Waals surface area contributed by atoms with Crippen LogP contribution in [-0.2, 0) is 4.79 Å². The number of benzene rings is 1. The number of rotatable bonds is 5. The maximum absolute atomic E-state index is 10.7. The molecule has 0 radical (unpaired) electrons. The molecular formula is C10H8N4O5S. The fourth-order valence-corrected chi connectivity index (χ4v) is 1.90. The fourth-order valence-electron chi connectivity index (χ4n) is 1.38. The number of carboxylic acids is 1. The minimum atomic E-state index is -1.01. The summed E-state index contributed by atoms with van der Waals surface area (Å²) >= 11 is 0.892. The molecule has 0 saturated heterocycles. The summed E-state index contributed by atoms with van der Waals surface area (Å²) < 4.78 is 0. The zero-order valence-electron chi connectivity index (χ0n) is 9.81. The van der Waals surface area contributed by atoms with Gasteiger partial charge in [0.15, 0.2) is 5.82 Å². The van der Waals surface area contributed by atoms with Crippen LogP contribution in [0.1, 0.15) is 0 Å². The number of hydrogen-bond donors (Lipinski definition) is 3. The highest BCUT2D eigenvalue weighted by Gasteiger charge is 2.15. The largest absolute Gasteiger partial charge is 0.507 e. The summed E-state index contributed by atoms with van der Waals surface area (Å²) in [6.45, 7) is 0. The molecule has 0 aliphatic heterocycles. The first-order valence-corrected chi connectivity index (χ1v) is 6.20. The molecule has 0 unspecified atom stereocenters. The van der Waals surface area contributed by atoms with E-state index >= 15 is 0 Å². The number of carboxylic acid groups (broad SMARTS) is 1. The molecule has 10 heteroatoms. The minimum Gasteiger partial charge on any atom is -0.507 e. The Morgan fingerprint density at radius 2 is 2.25 bits per heavy atom. The molecule has 104 valence electrons. The third kappa shape index (κ3) is 3.03. The third-order valence-corrected chi connectivity index (χ3v) is 3.07. The summed E-state index contributed by atoms with van der Waals surface area (Å²) in [6.07, 6.45) is 0. The van der Waals surface area contributed by atoms with Crippen LogP contribution in [0.4, 0.5) is 5.69 Å². The number of non-ortho nitro benzene ring substituents is 1. The Morgan fingerprint density at radius 3 is 2.90 bits per heavy atom. The van der Waals surface area contributed by atoms with Crippen LogP contribution < -0.4 is 0 Å². The summed E-state index contributed by atoms with van der Waals surface area (Å²) in [7, 11) is 0. The van der Waals surface area contributed by atoms with Crippen LogP contribution in [0, 0.1) is 10.1 Å². The number of phenols is 1.